The summed E-state index contributed by atoms with van der Waals surface area (Å²) in [6.07, 6.45) is 2.54. The number of nitrogens with zero attached hydrogens (tertiary/aromatic N) is 1. The molecule has 31 heavy (non-hydrogen) atoms. The summed E-state index contributed by atoms with van der Waals surface area (Å²) >= 11 is 12.1. The van der Waals surface area contributed by atoms with Crippen LogP contribution in [0.3, 0.4) is 0 Å². The van der Waals surface area contributed by atoms with Gasteiger partial charge >= 0.3 is 0 Å². The van der Waals surface area contributed by atoms with Gasteiger partial charge in [-0.3, -0.25) is 19.5 Å². The molecule has 1 heterocycles. The molecule has 0 aliphatic heterocycles. The van der Waals surface area contributed by atoms with Gasteiger partial charge < -0.3 is 16.0 Å². The van der Waals surface area contributed by atoms with E-state index in [1.165, 1.54) is 18.3 Å². The Morgan fingerprint density at radius 1 is 1.03 bits per heavy atom. The molecule has 2 aromatic carbocycles. The first-order chi connectivity index (χ1) is 14.9. The number of aromatic nitrogens is 2. The van der Waals surface area contributed by atoms with Crippen molar-refractivity contribution in [3.63, 3.8) is 0 Å². The lowest BCUT2D eigenvalue weighted by Gasteiger charge is -2.09. The van der Waals surface area contributed by atoms with E-state index < -0.39 is 11.8 Å². The number of rotatable bonds is 7. The molecule has 3 aromatic rings. The van der Waals surface area contributed by atoms with E-state index in [1.807, 2.05) is 0 Å². The van der Waals surface area contributed by atoms with E-state index in [-0.39, 0.29) is 39.4 Å². The second kappa shape index (κ2) is 9.92. The summed E-state index contributed by atoms with van der Waals surface area (Å²) in [4.78, 5) is 36.6. The zero-order chi connectivity index (χ0) is 22.4. The largest absolute Gasteiger partial charge is 0.346 e. The highest BCUT2D eigenvalue weighted by atomic mass is 35.5. The molecule has 0 aliphatic rings. The minimum atomic E-state index is -0.572. The number of hydrogen-bond donors (Lipinski definition) is 4. The normalized spacial score (nSPS) is 10.3. The molecule has 0 atom stereocenters. The second-order valence-electron chi connectivity index (χ2n) is 6.27. The number of anilines is 2. The summed E-state index contributed by atoms with van der Waals surface area (Å²) in [6.45, 7) is 3.58. The molecule has 0 radical (unpaired) electrons. The van der Waals surface area contributed by atoms with Crippen molar-refractivity contribution in [3.05, 3.63) is 88.2 Å². The smallest absolute Gasteiger partial charge is 0.274 e. The van der Waals surface area contributed by atoms with E-state index >= 15 is 0 Å². The first-order valence-corrected chi connectivity index (χ1v) is 9.74. The van der Waals surface area contributed by atoms with Gasteiger partial charge in [0, 0.05) is 18.4 Å². The van der Waals surface area contributed by atoms with E-state index in [0.717, 1.165) is 11.6 Å². The van der Waals surface area contributed by atoms with E-state index in [1.54, 1.807) is 30.3 Å². The van der Waals surface area contributed by atoms with Crippen LogP contribution in [-0.2, 0) is 11.3 Å². The Hall–Kier alpha value is -3.62. The average molecular weight is 458 g/mol. The van der Waals surface area contributed by atoms with Gasteiger partial charge in [0.15, 0.2) is 5.69 Å². The highest BCUT2D eigenvalue weighted by Gasteiger charge is 2.20. The van der Waals surface area contributed by atoms with Gasteiger partial charge in [0.25, 0.3) is 11.8 Å². The van der Waals surface area contributed by atoms with Gasteiger partial charge in [-0.2, -0.15) is 5.10 Å². The number of benzene rings is 2. The molecule has 0 saturated carbocycles. The standard InChI is InChI=1S/C21H17Cl2N5O3/c1-2-17(29)26-13-6-3-5-12(9-13)10-24-21(31)19-16(11-25-28-19)27-20(30)18-14(22)7-4-8-15(18)23/h2-9,11H,1,10H2,(H,24,31)(H,25,28)(H,26,29)(H,27,30). The lowest BCUT2D eigenvalue weighted by molar-refractivity contribution is -0.111. The lowest BCUT2D eigenvalue weighted by Crippen LogP contribution is -2.25. The van der Waals surface area contributed by atoms with Crippen LogP contribution in [0, 0.1) is 0 Å². The minimum Gasteiger partial charge on any atom is -0.346 e. The fourth-order valence-electron chi connectivity index (χ4n) is 2.68. The van der Waals surface area contributed by atoms with Crippen LogP contribution in [-0.4, -0.2) is 27.9 Å². The summed E-state index contributed by atoms with van der Waals surface area (Å²) in [5.74, 6) is -1.42. The number of nitrogens with one attached hydrogen (secondary N) is 4. The van der Waals surface area contributed by atoms with Crippen LogP contribution in [0.25, 0.3) is 0 Å². The Labute approximate surface area is 187 Å². The maximum absolute atomic E-state index is 12.6. The van der Waals surface area contributed by atoms with E-state index in [4.69, 9.17) is 23.2 Å². The number of amides is 3. The van der Waals surface area contributed by atoms with Crippen LogP contribution in [0.2, 0.25) is 10.0 Å². The molecule has 8 nitrogen and oxygen atoms in total. The number of H-pyrrole nitrogens is 1. The van der Waals surface area contributed by atoms with Gasteiger partial charge in [-0.05, 0) is 35.9 Å². The van der Waals surface area contributed by atoms with Crippen LogP contribution < -0.4 is 16.0 Å². The van der Waals surface area contributed by atoms with Gasteiger partial charge in [0.1, 0.15) is 0 Å². The molecule has 0 saturated heterocycles. The molecule has 3 rings (SSSR count). The fraction of sp³-hybridized carbons (Fsp3) is 0.0476. The Balaban J connectivity index is 1.67. The average Bonchev–Trinajstić information content (AvgIpc) is 3.20. The summed E-state index contributed by atoms with van der Waals surface area (Å²) < 4.78 is 0. The van der Waals surface area contributed by atoms with E-state index in [9.17, 15) is 14.4 Å². The van der Waals surface area contributed by atoms with Crippen molar-refractivity contribution in [1.29, 1.82) is 0 Å². The Bertz CT molecular complexity index is 1140. The zero-order valence-electron chi connectivity index (χ0n) is 16.0. The van der Waals surface area contributed by atoms with Crippen molar-refractivity contribution in [3.8, 4) is 0 Å². The molecule has 0 bridgehead atoms. The third kappa shape index (κ3) is 5.50. The van der Waals surface area contributed by atoms with Crippen LogP contribution in [0.1, 0.15) is 26.4 Å². The van der Waals surface area contributed by atoms with Crippen molar-refractivity contribution in [2.45, 2.75) is 6.54 Å². The molecule has 0 fully saturated rings. The molecular formula is C21H17Cl2N5O3. The molecule has 10 heteroatoms. The number of halogens is 2. The summed E-state index contributed by atoms with van der Waals surface area (Å²) in [6, 6.07) is 11.7. The highest BCUT2D eigenvalue weighted by Crippen LogP contribution is 2.25. The first kappa shape index (κ1) is 22.1. The van der Waals surface area contributed by atoms with Gasteiger partial charge in [-0.15, -0.1) is 0 Å². The molecule has 4 N–H and O–H groups in total. The number of carbonyl (C=O) groups is 3. The topological polar surface area (TPSA) is 116 Å². The van der Waals surface area contributed by atoms with Crippen molar-refractivity contribution in [2.75, 3.05) is 10.6 Å². The lowest BCUT2D eigenvalue weighted by atomic mass is 10.2. The van der Waals surface area contributed by atoms with Gasteiger partial charge in [-0.25, -0.2) is 0 Å². The highest BCUT2D eigenvalue weighted by molar-refractivity contribution is 6.40. The summed E-state index contributed by atoms with van der Waals surface area (Å²) in [5.41, 5.74) is 1.58. The van der Waals surface area contributed by atoms with E-state index in [2.05, 4.69) is 32.7 Å². The summed E-state index contributed by atoms with van der Waals surface area (Å²) in [5, 5.41) is 14.8. The Kier molecular flexibility index (Phi) is 7.07. The molecular weight excluding hydrogens is 441 g/mol. The molecule has 0 unspecified atom stereocenters. The number of hydrogen-bond acceptors (Lipinski definition) is 4. The van der Waals surface area contributed by atoms with Gasteiger partial charge in [0.05, 0.1) is 21.3 Å². The molecule has 1 aromatic heterocycles. The monoisotopic (exact) mass is 457 g/mol. The predicted octanol–water partition coefficient (Wildman–Crippen LogP) is 4.02. The first-order valence-electron chi connectivity index (χ1n) is 8.98. The maximum Gasteiger partial charge on any atom is 0.274 e. The number of aromatic amines is 1. The predicted molar refractivity (Wildman–Crippen MR) is 119 cm³/mol. The third-order valence-electron chi connectivity index (χ3n) is 4.13. The molecule has 158 valence electrons. The van der Waals surface area contributed by atoms with Crippen molar-refractivity contribution >= 4 is 52.3 Å². The van der Waals surface area contributed by atoms with E-state index in [0.29, 0.717) is 5.69 Å². The third-order valence-corrected chi connectivity index (χ3v) is 4.76. The van der Waals surface area contributed by atoms with Crippen LogP contribution in [0.5, 0.6) is 0 Å². The van der Waals surface area contributed by atoms with Gasteiger partial charge in [-0.1, -0.05) is 48.0 Å². The Morgan fingerprint density at radius 2 is 1.74 bits per heavy atom. The van der Waals surface area contributed by atoms with Crippen LogP contribution in [0.15, 0.2) is 61.3 Å². The van der Waals surface area contributed by atoms with Crippen molar-refractivity contribution in [1.82, 2.24) is 15.5 Å². The van der Waals surface area contributed by atoms with Crippen LogP contribution >= 0.6 is 23.2 Å². The van der Waals surface area contributed by atoms with Crippen molar-refractivity contribution in [2.24, 2.45) is 0 Å². The molecule has 3 amide bonds. The summed E-state index contributed by atoms with van der Waals surface area (Å²) in [7, 11) is 0. The van der Waals surface area contributed by atoms with Crippen LogP contribution in [0.4, 0.5) is 11.4 Å². The molecule has 0 spiro atoms. The molecule has 0 aliphatic carbocycles. The zero-order valence-corrected chi connectivity index (χ0v) is 17.6. The maximum atomic E-state index is 12.6. The van der Waals surface area contributed by atoms with Gasteiger partial charge in [0.2, 0.25) is 5.91 Å². The van der Waals surface area contributed by atoms with Crippen molar-refractivity contribution < 1.29 is 14.4 Å². The quantitative estimate of drug-likeness (QED) is 0.400. The minimum absolute atomic E-state index is 0.00681. The Morgan fingerprint density at radius 3 is 2.45 bits per heavy atom. The number of carbonyl (C=O) groups excluding carboxylic acids is 3. The SMILES string of the molecule is C=CC(=O)Nc1cccc(CNC(=O)c2n[nH]cc2NC(=O)c2c(Cl)cccc2Cl)c1. The fourth-order valence-corrected chi connectivity index (χ4v) is 3.25. The second-order valence-corrected chi connectivity index (χ2v) is 7.09.